The SMILES string of the molecule is CNCC1=CN(CC(C)(C)C)NN1. The van der Waals surface area contributed by atoms with Crippen LogP contribution >= 0.6 is 0 Å². The van der Waals surface area contributed by atoms with Crippen LogP contribution in [0, 0.1) is 5.41 Å². The van der Waals surface area contributed by atoms with Gasteiger partial charge in [-0.2, -0.15) is 0 Å². The molecule has 76 valence electrons. The summed E-state index contributed by atoms with van der Waals surface area (Å²) in [7, 11) is 1.94. The number of rotatable bonds is 3. The molecule has 0 saturated carbocycles. The van der Waals surface area contributed by atoms with Crippen molar-refractivity contribution in [2.75, 3.05) is 20.1 Å². The lowest BCUT2D eigenvalue weighted by atomic mass is 9.97. The van der Waals surface area contributed by atoms with Crippen LogP contribution in [0.1, 0.15) is 20.8 Å². The average Bonchev–Trinajstić information content (AvgIpc) is 2.33. The standard InChI is InChI=1S/C9H20N4/c1-9(2,3)7-13-6-8(5-10-4)11-12-13/h6,10-12H,5,7H2,1-4H3. The van der Waals surface area contributed by atoms with Gasteiger partial charge in [0, 0.05) is 19.3 Å². The fourth-order valence-electron chi connectivity index (χ4n) is 1.27. The molecular formula is C9H20N4. The lowest BCUT2D eigenvalue weighted by Crippen LogP contribution is -2.41. The minimum Gasteiger partial charge on any atom is -0.314 e. The summed E-state index contributed by atoms with van der Waals surface area (Å²) >= 11 is 0. The van der Waals surface area contributed by atoms with E-state index in [1.807, 2.05) is 7.05 Å². The van der Waals surface area contributed by atoms with Crippen LogP contribution in [0.25, 0.3) is 0 Å². The highest BCUT2D eigenvalue weighted by atomic mass is 15.7. The Morgan fingerprint density at radius 3 is 2.69 bits per heavy atom. The number of likely N-dealkylation sites (N-methyl/N-ethyl adjacent to an activating group) is 1. The molecule has 1 aliphatic heterocycles. The smallest absolute Gasteiger partial charge is 0.0591 e. The fraction of sp³-hybridized carbons (Fsp3) is 0.778. The van der Waals surface area contributed by atoms with Crippen molar-refractivity contribution in [1.29, 1.82) is 0 Å². The van der Waals surface area contributed by atoms with Crippen LogP contribution in [-0.4, -0.2) is 25.1 Å². The molecule has 0 fully saturated rings. The zero-order valence-electron chi connectivity index (χ0n) is 8.94. The minimum absolute atomic E-state index is 0.306. The van der Waals surface area contributed by atoms with Gasteiger partial charge >= 0.3 is 0 Å². The normalized spacial score (nSPS) is 17.2. The van der Waals surface area contributed by atoms with Gasteiger partial charge in [0.05, 0.1) is 5.70 Å². The van der Waals surface area contributed by atoms with Crippen molar-refractivity contribution in [2.45, 2.75) is 20.8 Å². The summed E-state index contributed by atoms with van der Waals surface area (Å²) in [6.07, 6.45) is 2.10. The second kappa shape index (κ2) is 3.98. The van der Waals surface area contributed by atoms with Gasteiger partial charge in [-0.25, -0.2) is 0 Å². The van der Waals surface area contributed by atoms with E-state index in [-0.39, 0.29) is 0 Å². The fourth-order valence-corrected chi connectivity index (χ4v) is 1.27. The van der Waals surface area contributed by atoms with E-state index < -0.39 is 0 Å². The van der Waals surface area contributed by atoms with Crippen LogP contribution in [0.4, 0.5) is 0 Å². The van der Waals surface area contributed by atoms with Gasteiger partial charge in [0.2, 0.25) is 0 Å². The molecule has 1 rings (SSSR count). The summed E-state index contributed by atoms with van der Waals surface area (Å²) in [5.41, 5.74) is 7.68. The van der Waals surface area contributed by atoms with Gasteiger partial charge in [0.15, 0.2) is 0 Å². The Bertz CT molecular complexity index is 192. The molecule has 0 atom stereocenters. The molecule has 3 N–H and O–H groups in total. The third kappa shape index (κ3) is 3.65. The first-order valence-electron chi connectivity index (χ1n) is 4.65. The average molecular weight is 184 g/mol. The second-order valence-corrected chi connectivity index (χ2v) is 4.61. The number of hydrazine groups is 2. The van der Waals surface area contributed by atoms with Gasteiger partial charge in [-0.3, -0.25) is 5.01 Å². The van der Waals surface area contributed by atoms with Gasteiger partial charge in [-0.15, -0.1) is 5.53 Å². The summed E-state index contributed by atoms with van der Waals surface area (Å²) in [6.45, 7) is 8.52. The van der Waals surface area contributed by atoms with Gasteiger partial charge in [-0.05, 0) is 12.5 Å². The van der Waals surface area contributed by atoms with Crippen molar-refractivity contribution < 1.29 is 0 Å². The van der Waals surface area contributed by atoms with E-state index in [9.17, 15) is 0 Å². The van der Waals surface area contributed by atoms with Crippen LogP contribution in [0.5, 0.6) is 0 Å². The Labute approximate surface area is 80.3 Å². The van der Waals surface area contributed by atoms with Crippen LogP contribution in [-0.2, 0) is 0 Å². The maximum absolute atomic E-state index is 3.10. The third-order valence-corrected chi connectivity index (χ3v) is 1.68. The van der Waals surface area contributed by atoms with Crippen LogP contribution in [0.2, 0.25) is 0 Å². The molecule has 13 heavy (non-hydrogen) atoms. The highest BCUT2D eigenvalue weighted by Gasteiger charge is 2.17. The summed E-state index contributed by atoms with van der Waals surface area (Å²) in [5, 5.41) is 5.17. The predicted molar refractivity (Wildman–Crippen MR) is 54.4 cm³/mol. The van der Waals surface area contributed by atoms with E-state index in [0.717, 1.165) is 13.1 Å². The first-order valence-corrected chi connectivity index (χ1v) is 4.65. The Morgan fingerprint density at radius 1 is 1.46 bits per heavy atom. The Morgan fingerprint density at radius 2 is 2.15 bits per heavy atom. The van der Waals surface area contributed by atoms with Crippen molar-refractivity contribution in [3.8, 4) is 0 Å². The zero-order valence-corrected chi connectivity index (χ0v) is 8.94. The molecular weight excluding hydrogens is 164 g/mol. The van der Waals surface area contributed by atoms with Gasteiger partial charge in [0.1, 0.15) is 0 Å². The quantitative estimate of drug-likeness (QED) is 0.594. The lowest BCUT2D eigenvalue weighted by molar-refractivity contribution is 0.191. The Kier molecular flexibility index (Phi) is 3.17. The number of nitrogens with one attached hydrogen (secondary N) is 3. The van der Waals surface area contributed by atoms with E-state index in [2.05, 4.69) is 48.3 Å². The molecule has 4 nitrogen and oxygen atoms in total. The van der Waals surface area contributed by atoms with E-state index in [4.69, 9.17) is 0 Å². The molecule has 1 aliphatic rings. The number of nitrogens with zero attached hydrogens (tertiary/aromatic N) is 1. The van der Waals surface area contributed by atoms with E-state index in [0.29, 0.717) is 5.41 Å². The molecule has 0 spiro atoms. The summed E-state index contributed by atoms with van der Waals surface area (Å²) in [6, 6.07) is 0. The molecule has 0 aromatic rings. The van der Waals surface area contributed by atoms with Gasteiger partial charge in [0.25, 0.3) is 0 Å². The first kappa shape index (κ1) is 10.3. The highest BCUT2D eigenvalue weighted by Crippen LogP contribution is 2.15. The Hall–Kier alpha value is -0.740. The van der Waals surface area contributed by atoms with Gasteiger partial charge < -0.3 is 10.7 Å². The molecule has 0 aromatic carbocycles. The zero-order chi connectivity index (χ0) is 9.90. The molecule has 0 radical (unpaired) electrons. The van der Waals surface area contributed by atoms with Crippen LogP contribution in [0.15, 0.2) is 11.9 Å². The van der Waals surface area contributed by atoms with Gasteiger partial charge in [-0.1, -0.05) is 20.8 Å². The van der Waals surface area contributed by atoms with Crippen LogP contribution < -0.4 is 16.3 Å². The lowest BCUT2D eigenvalue weighted by Gasteiger charge is -2.25. The van der Waals surface area contributed by atoms with Crippen molar-refractivity contribution >= 4 is 0 Å². The third-order valence-electron chi connectivity index (χ3n) is 1.68. The molecule has 0 saturated heterocycles. The molecule has 0 amide bonds. The van der Waals surface area contributed by atoms with Crippen molar-refractivity contribution in [3.63, 3.8) is 0 Å². The maximum atomic E-state index is 3.10. The topological polar surface area (TPSA) is 39.3 Å². The molecule has 1 heterocycles. The monoisotopic (exact) mass is 184 g/mol. The summed E-state index contributed by atoms with van der Waals surface area (Å²) < 4.78 is 0. The molecule has 4 heteroatoms. The second-order valence-electron chi connectivity index (χ2n) is 4.61. The molecule has 0 bridgehead atoms. The molecule has 0 aromatic heterocycles. The summed E-state index contributed by atoms with van der Waals surface area (Å²) in [4.78, 5) is 0. The van der Waals surface area contributed by atoms with E-state index >= 15 is 0 Å². The minimum atomic E-state index is 0.306. The van der Waals surface area contributed by atoms with Crippen molar-refractivity contribution in [3.05, 3.63) is 11.9 Å². The molecule has 0 aliphatic carbocycles. The number of hydrogen-bond donors (Lipinski definition) is 3. The van der Waals surface area contributed by atoms with E-state index in [1.165, 1.54) is 5.70 Å². The predicted octanol–water partition coefficient (Wildman–Crippen LogP) is 0.418. The molecule has 0 unspecified atom stereocenters. The summed E-state index contributed by atoms with van der Waals surface area (Å²) in [5.74, 6) is 0. The van der Waals surface area contributed by atoms with Crippen molar-refractivity contribution in [2.24, 2.45) is 5.41 Å². The van der Waals surface area contributed by atoms with Crippen LogP contribution in [0.3, 0.4) is 0 Å². The highest BCUT2D eigenvalue weighted by molar-refractivity contribution is 5.03. The Balaban J connectivity index is 2.39. The first-order chi connectivity index (χ1) is 6.01. The largest absolute Gasteiger partial charge is 0.314 e. The maximum Gasteiger partial charge on any atom is 0.0591 e. The number of hydrogen-bond acceptors (Lipinski definition) is 4. The van der Waals surface area contributed by atoms with E-state index in [1.54, 1.807) is 0 Å². The van der Waals surface area contributed by atoms with Crippen molar-refractivity contribution in [1.82, 2.24) is 21.3 Å².